The standard InChI is InChI=1S/C23H36N4O3/c1-3-24-23(25-12-8-18-29-19(2)20-9-5-4-6-10-20)27-15-13-26(14-16-27)22(28)21-11-7-17-30-21/h4-6,9-10,19,21H,3,7-8,11-18H2,1-2H3,(H,24,25). The highest BCUT2D eigenvalue weighted by Gasteiger charge is 2.30. The number of rotatable bonds is 8. The third kappa shape index (κ3) is 6.44. The van der Waals surface area contributed by atoms with Crippen molar-refractivity contribution in [2.75, 3.05) is 52.5 Å². The van der Waals surface area contributed by atoms with Gasteiger partial charge in [-0.05, 0) is 38.7 Å². The quantitative estimate of drug-likeness (QED) is 0.401. The largest absolute Gasteiger partial charge is 0.374 e. The number of carbonyl (C=O) groups is 1. The highest BCUT2D eigenvalue weighted by Crippen LogP contribution is 2.17. The number of guanidine groups is 1. The fraction of sp³-hybridized carbons (Fsp3) is 0.652. The van der Waals surface area contributed by atoms with Crippen molar-refractivity contribution in [1.29, 1.82) is 0 Å². The molecular weight excluding hydrogens is 380 g/mol. The molecule has 2 aliphatic heterocycles. The van der Waals surface area contributed by atoms with Gasteiger partial charge in [-0.25, -0.2) is 0 Å². The Hall–Kier alpha value is -2.12. The molecule has 0 saturated carbocycles. The number of benzene rings is 1. The SMILES string of the molecule is CCNC(=NCCCOC(C)c1ccccc1)N1CCN(C(=O)C2CCCO2)CC1. The summed E-state index contributed by atoms with van der Waals surface area (Å²) in [5.74, 6) is 1.08. The van der Waals surface area contributed by atoms with Gasteiger partial charge in [-0.3, -0.25) is 9.79 Å². The van der Waals surface area contributed by atoms with Crippen LogP contribution in [-0.2, 0) is 14.3 Å². The smallest absolute Gasteiger partial charge is 0.251 e. The summed E-state index contributed by atoms with van der Waals surface area (Å²) in [7, 11) is 0. The van der Waals surface area contributed by atoms with Gasteiger partial charge in [0.15, 0.2) is 5.96 Å². The molecular formula is C23H36N4O3. The van der Waals surface area contributed by atoms with Gasteiger partial charge in [-0.15, -0.1) is 0 Å². The van der Waals surface area contributed by atoms with Crippen molar-refractivity contribution in [2.24, 2.45) is 4.99 Å². The Morgan fingerprint density at radius 1 is 1.23 bits per heavy atom. The van der Waals surface area contributed by atoms with Crippen LogP contribution in [0.15, 0.2) is 35.3 Å². The van der Waals surface area contributed by atoms with Crippen LogP contribution >= 0.6 is 0 Å². The average Bonchev–Trinajstić information content (AvgIpc) is 3.33. The zero-order valence-electron chi connectivity index (χ0n) is 18.4. The van der Waals surface area contributed by atoms with Gasteiger partial charge in [0.25, 0.3) is 5.91 Å². The van der Waals surface area contributed by atoms with Gasteiger partial charge in [-0.1, -0.05) is 30.3 Å². The topological polar surface area (TPSA) is 66.4 Å². The van der Waals surface area contributed by atoms with E-state index >= 15 is 0 Å². The van der Waals surface area contributed by atoms with Crippen molar-refractivity contribution >= 4 is 11.9 Å². The van der Waals surface area contributed by atoms with Crippen molar-refractivity contribution in [1.82, 2.24) is 15.1 Å². The normalized spacial score (nSPS) is 21.0. The maximum Gasteiger partial charge on any atom is 0.251 e. The van der Waals surface area contributed by atoms with E-state index in [0.717, 1.165) is 64.5 Å². The summed E-state index contributed by atoms with van der Waals surface area (Å²) in [6.45, 7) is 10.1. The first-order chi connectivity index (χ1) is 14.7. The van der Waals surface area contributed by atoms with Crippen molar-refractivity contribution in [3.63, 3.8) is 0 Å². The molecule has 30 heavy (non-hydrogen) atoms. The number of amides is 1. The maximum absolute atomic E-state index is 12.5. The number of hydrogen-bond acceptors (Lipinski definition) is 4. The van der Waals surface area contributed by atoms with Crippen molar-refractivity contribution in [3.8, 4) is 0 Å². The van der Waals surface area contributed by atoms with Crippen LogP contribution in [0.3, 0.4) is 0 Å². The van der Waals surface area contributed by atoms with E-state index in [1.54, 1.807) is 0 Å². The molecule has 2 atom stereocenters. The van der Waals surface area contributed by atoms with Crippen LogP contribution in [-0.4, -0.2) is 80.3 Å². The molecule has 7 heteroatoms. The van der Waals surface area contributed by atoms with E-state index in [2.05, 4.69) is 36.2 Å². The molecule has 2 saturated heterocycles. The second-order valence-corrected chi connectivity index (χ2v) is 7.83. The molecule has 2 fully saturated rings. The highest BCUT2D eigenvalue weighted by molar-refractivity contribution is 5.82. The number of piperazine rings is 1. The molecule has 0 spiro atoms. The summed E-state index contributed by atoms with van der Waals surface area (Å²) in [6, 6.07) is 10.3. The van der Waals surface area contributed by atoms with Crippen molar-refractivity contribution in [2.45, 2.75) is 45.3 Å². The maximum atomic E-state index is 12.5. The Balaban J connectivity index is 1.40. The predicted molar refractivity (Wildman–Crippen MR) is 119 cm³/mol. The molecule has 2 unspecified atom stereocenters. The molecule has 1 N–H and O–H groups in total. The molecule has 0 bridgehead atoms. The molecule has 166 valence electrons. The molecule has 2 aliphatic rings. The molecule has 2 heterocycles. The fourth-order valence-corrected chi connectivity index (χ4v) is 3.87. The number of carbonyl (C=O) groups excluding carboxylic acids is 1. The molecule has 1 aromatic rings. The Labute approximate surface area is 180 Å². The number of nitrogens with one attached hydrogen (secondary N) is 1. The predicted octanol–water partition coefficient (Wildman–Crippen LogP) is 2.44. The highest BCUT2D eigenvalue weighted by atomic mass is 16.5. The zero-order chi connectivity index (χ0) is 21.2. The monoisotopic (exact) mass is 416 g/mol. The van der Waals surface area contributed by atoms with Crippen LogP contribution in [0.1, 0.15) is 44.8 Å². The molecule has 1 aromatic carbocycles. The van der Waals surface area contributed by atoms with E-state index in [1.165, 1.54) is 5.56 Å². The molecule has 0 aromatic heterocycles. The summed E-state index contributed by atoms with van der Waals surface area (Å²) >= 11 is 0. The van der Waals surface area contributed by atoms with Gasteiger partial charge >= 0.3 is 0 Å². The zero-order valence-corrected chi connectivity index (χ0v) is 18.4. The van der Waals surface area contributed by atoms with E-state index in [0.29, 0.717) is 13.2 Å². The van der Waals surface area contributed by atoms with E-state index in [-0.39, 0.29) is 18.1 Å². The van der Waals surface area contributed by atoms with Crippen molar-refractivity contribution < 1.29 is 14.3 Å². The number of ether oxygens (including phenoxy) is 2. The summed E-state index contributed by atoms with van der Waals surface area (Å²) in [4.78, 5) is 21.5. The third-order valence-corrected chi connectivity index (χ3v) is 5.63. The van der Waals surface area contributed by atoms with E-state index in [9.17, 15) is 4.79 Å². The lowest BCUT2D eigenvalue weighted by molar-refractivity contribution is -0.142. The molecule has 3 rings (SSSR count). The van der Waals surface area contributed by atoms with E-state index in [4.69, 9.17) is 14.5 Å². The summed E-state index contributed by atoms with van der Waals surface area (Å²) in [5.41, 5.74) is 1.20. The lowest BCUT2D eigenvalue weighted by Crippen LogP contribution is -2.55. The van der Waals surface area contributed by atoms with Gasteiger partial charge in [0.05, 0.1) is 6.10 Å². The van der Waals surface area contributed by atoms with Gasteiger partial charge in [0.2, 0.25) is 0 Å². The number of nitrogens with zero attached hydrogens (tertiary/aromatic N) is 3. The second-order valence-electron chi connectivity index (χ2n) is 7.83. The summed E-state index contributed by atoms with van der Waals surface area (Å²) in [5, 5.41) is 3.38. The number of aliphatic imine (C=N–C) groups is 1. The van der Waals surface area contributed by atoms with Gasteiger partial charge in [0.1, 0.15) is 6.10 Å². The van der Waals surface area contributed by atoms with E-state index < -0.39 is 0 Å². The molecule has 0 aliphatic carbocycles. The lowest BCUT2D eigenvalue weighted by Gasteiger charge is -2.37. The Bertz CT molecular complexity index is 668. The first-order valence-electron chi connectivity index (χ1n) is 11.3. The Morgan fingerprint density at radius 2 is 1.97 bits per heavy atom. The summed E-state index contributed by atoms with van der Waals surface area (Å²) in [6.07, 6.45) is 2.59. The van der Waals surface area contributed by atoms with E-state index in [1.807, 2.05) is 23.1 Å². The minimum Gasteiger partial charge on any atom is -0.374 e. The van der Waals surface area contributed by atoms with Crippen LogP contribution in [0.25, 0.3) is 0 Å². The second kappa shape index (κ2) is 11.9. The van der Waals surface area contributed by atoms with Crippen LogP contribution in [0, 0.1) is 0 Å². The average molecular weight is 417 g/mol. The first kappa shape index (κ1) is 22.6. The van der Waals surface area contributed by atoms with Crippen LogP contribution in [0.2, 0.25) is 0 Å². The van der Waals surface area contributed by atoms with Crippen molar-refractivity contribution in [3.05, 3.63) is 35.9 Å². The van der Waals surface area contributed by atoms with Crippen LogP contribution in [0.5, 0.6) is 0 Å². The third-order valence-electron chi connectivity index (χ3n) is 5.63. The molecule has 7 nitrogen and oxygen atoms in total. The van der Waals surface area contributed by atoms with Crippen LogP contribution < -0.4 is 5.32 Å². The fourth-order valence-electron chi connectivity index (χ4n) is 3.87. The van der Waals surface area contributed by atoms with Crippen LogP contribution in [0.4, 0.5) is 0 Å². The Kier molecular flexibility index (Phi) is 8.96. The first-order valence-corrected chi connectivity index (χ1v) is 11.3. The van der Waals surface area contributed by atoms with Gasteiger partial charge < -0.3 is 24.6 Å². The number of hydrogen-bond donors (Lipinski definition) is 1. The van der Waals surface area contributed by atoms with Gasteiger partial charge in [0, 0.05) is 52.5 Å². The lowest BCUT2D eigenvalue weighted by atomic mass is 10.1. The molecule has 1 amide bonds. The summed E-state index contributed by atoms with van der Waals surface area (Å²) < 4.78 is 11.5. The Morgan fingerprint density at radius 3 is 2.63 bits per heavy atom. The minimum atomic E-state index is -0.225. The molecule has 0 radical (unpaired) electrons. The van der Waals surface area contributed by atoms with Gasteiger partial charge in [-0.2, -0.15) is 0 Å². The minimum absolute atomic E-state index is 0.0953.